The summed E-state index contributed by atoms with van der Waals surface area (Å²) < 4.78 is 13.3. The monoisotopic (exact) mass is 427 g/mol. The molecule has 3 nitrogen and oxygen atoms in total. The SMILES string of the molecule is CCCc1cc(Br)c(OCCOc2ccc(N)cc2)c(Br)c1. The van der Waals surface area contributed by atoms with E-state index >= 15 is 0 Å². The van der Waals surface area contributed by atoms with Gasteiger partial charge in [0.05, 0.1) is 8.95 Å². The normalized spacial score (nSPS) is 10.5. The van der Waals surface area contributed by atoms with Gasteiger partial charge in [-0.05, 0) is 80.2 Å². The Morgan fingerprint density at radius 3 is 2.14 bits per heavy atom. The van der Waals surface area contributed by atoms with E-state index in [1.165, 1.54) is 5.56 Å². The predicted molar refractivity (Wildman–Crippen MR) is 97.7 cm³/mol. The zero-order valence-electron chi connectivity index (χ0n) is 12.4. The molecule has 0 aliphatic heterocycles. The van der Waals surface area contributed by atoms with Crippen LogP contribution >= 0.6 is 31.9 Å². The summed E-state index contributed by atoms with van der Waals surface area (Å²) in [6.45, 7) is 3.11. The van der Waals surface area contributed by atoms with Crippen LogP contribution in [-0.2, 0) is 6.42 Å². The van der Waals surface area contributed by atoms with Crippen LogP contribution in [-0.4, -0.2) is 13.2 Å². The highest BCUT2D eigenvalue weighted by Gasteiger charge is 2.09. The molecular formula is C17H19Br2NO2. The Bertz CT molecular complexity index is 592. The van der Waals surface area contributed by atoms with Crippen molar-refractivity contribution >= 4 is 37.5 Å². The Kier molecular flexibility index (Phi) is 6.58. The van der Waals surface area contributed by atoms with Crippen LogP contribution in [0, 0.1) is 0 Å². The summed E-state index contributed by atoms with van der Waals surface area (Å²) in [5.74, 6) is 1.59. The van der Waals surface area contributed by atoms with E-state index in [9.17, 15) is 0 Å². The van der Waals surface area contributed by atoms with Gasteiger partial charge in [0.1, 0.15) is 24.7 Å². The number of nitrogens with two attached hydrogens (primary N) is 1. The van der Waals surface area contributed by atoms with E-state index in [0.717, 1.165) is 39.0 Å². The van der Waals surface area contributed by atoms with Crippen LogP contribution in [0.3, 0.4) is 0 Å². The fraction of sp³-hybridized carbons (Fsp3) is 0.294. The van der Waals surface area contributed by atoms with E-state index in [4.69, 9.17) is 15.2 Å². The van der Waals surface area contributed by atoms with Crippen LogP contribution < -0.4 is 15.2 Å². The molecule has 0 heterocycles. The maximum atomic E-state index is 5.80. The van der Waals surface area contributed by atoms with Crippen molar-refractivity contribution in [2.45, 2.75) is 19.8 Å². The molecule has 0 saturated carbocycles. The Balaban J connectivity index is 1.87. The third kappa shape index (κ3) is 4.92. The molecule has 2 N–H and O–H groups in total. The molecular weight excluding hydrogens is 410 g/mol. The molecule has 5 heteroatoms. The second-order valence-electron chi connectivity index (χ2n) is 4.90. The molecule has 0 saturated heterocycles. The van der Waals surface area contributed by atoms with Gasteiger partial charge in [0.25, 0.3) is 0 Å². The lowest BCUT2D eigenvalue weighted by Gasteiger charge is -2.13. The van der Waals surface area contributed by atoms with Crippen molar-refractivity contribution in [2.24, 2.45) is 0 Å². The van der Waals surface area contributed by atoms with E-state index in [1.807, 2.05) is 24.3 Å². The first-order chi connectivity index (χ1) is 10.6. The average Bonchev–Trinajstić information content (AvgIpc) is 2.48. The molecule has 0 aromatic heterocycles. The molecule has 0 aliphatic carbocycles. The molecule has 0 amide bonds. The summed E-state index contributed by atoms with van der Waals surface area (Å²) in [4.78, 5) is 0. The summed E-state index contributed by atoms with van der Waals surface area (Å²) in [6.07, 6.45) is 2.17. The standard InChI is InChI=1S/C17H19Br2NO2/c1-2-3-12-10-15(18)17(16(19)11-12)22-9-8-21-14-6-4-13(20)5-7-14/h4-7,10-11H,2-3,8-9,20H2,1H3. The Morgan fingerprint density at radius 2 is 1.55 bits per heavy atom. The topological polar surface area (TPSA) is 44.5 Å². The summed E-state index contributed by atoms with van der Waals surface area (Å²) in [7, 11) is 0. The number of rotatable bonds is 7. The van der Waals surface area contributed by atoms with Crippen LogP contribution in [0.25, 0.3) is 0 Å². The maximum Gasteiger partial charge on any atom is 0.147 e. The quantitative estimate of drug-likeness (QED) is 0.486. The van der Waals surface area contributed by atoms with Crippen LogP contribution in [0.4, 0.5) is 5.69 Å². The van der Waals surface area contributed by atoms with E-state index in [-0.39, 0.29) is 0 Å². The molecule has 0 fully saturated rings. The van der Waals surface area contributed by atoms with Gasteiger partial charge in [-0.15, -0.1) is 0 Å². The molecule has 0 atom stereocenters. The minimum absolute atomic E-state index is 0.467. The van der Waals surface area contributed by atoms with Gasteiger partial charge < -0.3 is 15.2 Å². The third-order valence-corrected chi connectivity index (χ3v) is 4.25. The lowest BCUT2D eigenvalue weighted by Crippen LogP contribution is -2.09. The zero-order valence-corrected chi connectivity index (χ0v) is 15.6. The smallest absolute Gasteiger partial charge is 0.147 e. The molecule has 2 aromatic carbocycles. The maximum absolute atomic E-state index is 5.80. The molecule has 0 spiro atoms. The largest absolute Gasteiger partial charge is 0.490 e. The van der Waals surface area contributed by atoms with Crippen LogP contribution in [0.1, 0.15) is 18.9 Å². The number of aryl methyl sites for hydroxylation is 1. The molecule has 118 valence electrons. The number of hydrogen-bond donors (Lipinski definition) is 1. The first-order valence-electron chi connectivity index (χ1n) is 7.19. The number of nitrogen functional groups attached to an aromatic ring is 1. The summed E-state index contributed by atoms with van der Waals surface area (Å²) in [6, 6.07) is 11.5. The predicted octanol–water partition coefficient (Wildman–Crippen LogP) is 5.20. The number of benzene rings is 2. The van der Waals surface area contributed by atoms with Gasteiger partial charge in [-0.1, -0.05) is 13.3 Å². The molecule has 0 unspecified atom stereocenters. The third-order valence-electron chi connectivity index (χ3n) is 3.08. The second-order valence-corrected chi connectivity index (χ2v) is 6.61. The van der Waals surface area contributed by atoms with Crippen molar-refractivity contribution in [2.75, 3.05) is 18.9 Å². The highest BCUT2D eigenvalue weighted by Crippen LogP contribution is 2.35. The van der Waals surface area contributed by atoms with E-state index < -0.39 is 0 Å². The van der Waals surface area contributed by atoms with Gasteiger partial charge in [-0.2, -0.15) is 0 Å². The summed E-state index contributed by atoms with van der Waals surface area (Å²) in [5.41, 5.74) is 7.64. The van der Waals surface area contributed by atoms with Crippen molar-refractivity contribution < 1.29 is 9.47 Å². The minimum Gasteiger partial charge on any atom is -0.490 e. The zero-order chi connectivity index (χ0) is 15.9. The Morgan fingerprint density at radius 1 is 0.955 bits per heavy atom. The van der Waals surface area contributed by atoms with Crippen molar-refractivity contribution in [3.05, 3.63) is 50.9 Å². The molecule has 2 aromatic rings. The fourth-order valence-electron chi connectivity index (χ4n) is 2.05. The number of anilines is 1. The van der Waals surface area contributed by atoms with Gasteiger partial charge >= 0.3 is 0 Å². The number of halogens is 2. The van der Waals surface area contributed by atoms with Crippen molar-refractivity contribution in [3.8, 4) is 11.5 Å². The number of hydrogen-bond acceptors (Lipinski definition) is 3. The first kappa shape index (κ1) is 17.2. The average molecular weight is 429 g/mol. The molecule has 2 rings (SSSR count). The lowest BCUT2D eigenvalue weighted by molar-refractivity contribution is 0.215. The minimum atomic E-state index is 0.467. The van der Waals surface area contributed by atoms with Gasteiger partial charge in [-0.3, -0.25) is 0 Å². The van der Waals surface area contributed by atoms with Crippen LogP contribution in [0.15, 0.2) is 45.3 Å². The van der Waals surface area contributed by atoms with Crippen molar-refractivity contribution in [1.82, 2.24) is 0 Å². The molecule has 0 radical (unpaired) electrons. The van der Waals surface area contributed by atoms with E-state index in [1.54, 1.807) is 0 Å². The highest BCUT2D eigenvalue weighted by atomic mass is 79.9. The lowest BCUT2D eigenvalue weighted by atomic mass is 10.1. The van der Waals surface area contributed by atoms with Crippen molar-refractivity contribution in [3.63, 3.8) is 0 Å². The van der Waals surface area contributed by atoms with Gasteiger partial charge in [0.15, 0.2) is 0 Å². The van der Waals surface area contributed by atoms with Crippen molar-refractivity contribution in [1.29, 1.82) is 0 Å². The Hall–Kier alpha value is -1.20. The van der Waals surface area contributed by atoms with Crippen LogP contribution in [0.5, 0.6) is 11.5 Å². The molecule has 0 aliphatic rings. The van der Waals surface area contributed by atoms with Gasteiger partial charge in [0.2, 0.25) is 0 Å². The first-order valence-corrected chi connectivity index (χ1v) is 8.77. The summed E-state index contributed by atoms with van der Waals surface area (Å²) >= 11 is 7.13. The number of ether oxygens (including phenoxy) is 2. The molecule has 0 bridgehead atoms. The van der Waals surface area contributed by atoms with E-state index in [2.05, 4.69) is 50.9 Å². The highest BCUT2D eigenvalue weighted by molar-refractivity contribution is 9.11. The Labute approximate surface area is 148 Å². The van der Waals surface area contributed by atoms with Crippen LogP contribution in [0.2, 0.25) is 0 Å². The van der Waals surface area contributed by atoms with E-state index in [0.29, 0.717) is 13.2 Å². The van der Waals surface area contributed by atoms with Gasteiger partial charge in [0, 0.05) is 5.69 Å². The summed E-state index contributed by atoms with van der Waals surface area (Å²) in [5, 5.41) is 0. The second kappa shape index (κ2) is 8.44. The molecule has 22 heavy (non-hydrogen) atoms. The fourth-order valence-corrected chi connectivity index (χ4v) is 3.56. The van der Waals surface area contributed by atoms with Gasteiger partial charge in [-0.25, -0.2) is 0 Å².